The van der Waals surface area contributed by atoms with E-state index >= 15 is 0 Å². The van der Waals surface area contributed by atoms with E-state index in [2.05, 4.69) is 20.4 Å². The Kier molecular flexibility index (Phi) is 4.36. The predicted molar refractivity (Wildman–Crippen MR) is 96.6 cm³/mol. The summed E-state index contributed by atoms with van der Waals surface area (Å²) < 4.78 is 39.9. The standard InChI is InChI=1S/C18H15F3N6O2/c1-10-8-26(12-4-2-11(3-5-12)18(19,20)21)17(29)15-13(7-24-27(10)15)25-16(28)14-6-22-9-23-14/h2-7,9-10H,8H2,1H3,(H,22,23)(H,25,28)/t10-/m0/s1. The van der Waals surface area contributed by atoms with Crippen molar-refractivity contribution in [2.75, 3.05) is 16.8 Å². The van der Waals surface area contributed by atoms with Gasteiger partial charge >= 0.3 is 6.18 Å². The topological polar surface area (TPSA) is 95.9 Å². The molecule has 4 rings (SSSR count). The Balaban J connectivity index is 1.64. The predicted octanol–water partition coefficient (Wildman–Crippen LogP) is 3.10. The third-order valence-corrected chi connectivity index (χ3v) is 4.59. The quantitative estimate of drug-likeness (QED) is 0.701. The van der Waals surface area contributed by atoms with E-state index < -0.39 is 23.6 Å². The zero-order chi connectivity index (χ0) is 20.8. The van der Waals surface area contributed by atoms with Crippen molar-refractivity contribution in [3.05, 3.63) is 59.9 Å². The van der Waals surface area contributed by atoms with Gasteiger partial charge < -0.3 is 15.2 Å². The van der Waals surface area contributed by atoms with E-state index in [0.29, 0.717) is 5.69 Å². The van der Waals surface area contributed by atoms with E-state index in [4.69, 9.17) is 0 Å². The Hall–Kier alpha value is -3.63. The van der Waals surface area contributed by atoms with Gasteiger partial charge in [-0.05, 0) is 31.2 Å². The molecule has 8 nitrogen and oxygen atoms in total. The van der Waals surface area contributed by atoms with Gasteiger partial charge in [-0.25, -0.2) is 4.98 Å². The maximum absolute atomic E-state index is 13.1. The lowest BCUT2D eigenvalue weighted by atomic mass is 10.1. The summed E-state index contributed by atoms with van der Waals surface area (Å²) in [6.45, 7) is 2.05. The number of amides is 2. The fraction of sp³-hybridized carbons (Fsp3) is 0.222. The van der Waals surface area contributed by atoms with Gasteiger partial charge in [-0.15, -0.1) is 0 Å². The smallest absolute Gasteiger partial charge is 0.350 e. The van der Waals surface area contributed by atoms with Crippen molar-refractivity contribution in [2.24, 2.45) is 0 Å². The first-order valence-corrected chi connectivity index (χ1v) is 8.62. The highest BCUT2D eigenvalue weighted by molar-refractivity contribution is 6.12. The summed E-state index contributed by atoms with van der Waals surface area (Å²) in [6, 6.07) is 4.11. The number of imidazole rings is 1. The molecule has 0 radical (unpaired) electrons. The van der Waals surface area contributed by atoms with Crippen LogP contribution in [-0.4, -0.2) is 38.1 Å². The third kappa shape index (κ3) is 3.35. The number of alkyl halides is 3. The van der Waals surface area contributed by atoms with Crippen molar-refractivity contribution in [2.45, 2.75) is 19.1 Å². The van der Waals surface area contributed by atoms with Crippen molar-refractivity contribution in [1.29, 1.82) is 0 Å². The van der Waals surface area contributed by atoms with E-state index in [9.17, 15) is 22.8 Å². The van der Waals surface area contributed by atoms with Crippen LogP contribution in [0.25, 0.3) is 0 Å². The number of H-pyrrole nitrogens is 1. The van der Waals surface area contributed by atoms with Gasteiger partial charge in [0, 0.05) is 18.4 Å². The molecule has 1 aliphatic heterocycles. The Morgan fingerprint density at radius 1 is 1.28 bits per heavy atom. The van der Waals surface area contributed by atoms with Gasteiger partial charge in [0.25, 0.3) is 11.8 Å². The maximum Gasteiger partial charge on any atom is 0.416 e. The number of fused-ring (bicyclic) bond motifs is 1. The number of carbonyl (C=O) groups is 2. The number of benzene rings is 1. The Labute approximate surface area is 162 Å². The van der Waals surface area contributed by atoms with Crippen LogP contribution < -0.4 is 10.2 Å². The van der Waals surface area contributed by atoms with Gasteiger partial charge in [0.05, 0.1) is 29.8 Å². The molecule has 0 spiro atoms. The summed E-state index contributed by atoms with van der Waals surface area (Å²) in [5.74, 6) is -0.994. The van der Waals surface area contributed by atoms with Gasteiger partial charge in [0.1, 0.15) is 5.69 Å². The molecule has 29 heavy (non-hydrogen) atoms. The van der Waals surface area contributed by atoms with E-state index in [1.807, 2.05) is 6.92 Å². The van der Waals surface area contributed by atoms with Gasteiger partial charge in [0.2, 0.25) is 0 Å². The first kappa shape index (κ1) is 18.7. The summed E-state index contributed by atoms with van der Waals surface area (Å²) in [5, 5.41) is 6.78. The number of nitrogens with one attached hydrogen (secondary N) is 2. The lowest BCUT2D eigenvalue weighted by molar-refractivity contribution is -0.137. The number of aromatic nitrogens is 4. The second-order valence-corrected chi connectivity index (χ2v) is 6.57. The molecular weight excluding hydrogens is 389 g/mol. The highest BCUT2D eigenvalue weighted by Gasteiger charge is 2.35. The van der Waals surface area contributed by atoms with Crippen LogP contribution >= 0.6 is 0 Å². The van der Waals surface area contributed by atoms with Gasteiger partial charge in [-0.1, -0.05) is 0 Å². The number of hydrogen-bond donors (Lipinski definition) is 2. The fourth-order valence-corrected chi connectivity index (χ4v) is 3.18. The van der Waals surface area contributed by atoms with Crippen LogP contribution in [0.15, 0.2) is 43.0 Å². The van der Waals surface area contributed by atoms with Crippen LogP contribution in [0.4, 0.5) is 24.5 Å². The Morgan fingerprint density at radius 2 is 2.00 bits per heavy atom. The molecule has 2 N–H and O–H groups in total. The lowest BCUT2D eigenvalue weighted by Gasteiger charge is -2.32. The molecule has 0 aliphatic carbocycles. The van der Waals surface area contributed by atoms with Crippen molar-refractivity contribution < 1.29 is 22.8 Å². The summed E-state index contributed by atoms with van der Waals surface area (Å²) in [7, 11) is 0. The van der Waals surface area contributed by atoms with E-state index in [1.165, 1.54) is 40.4 Å². The first-order chi connectivity index (χ1) is 13.8. The molecule has 1 atom stereocenters. The summed E-state index contributed by atoms with van der Waals surface area (Å²) in [6.07, 6.45) is -0.337. The second-order valence-electron chi connectivity index (χ2n) is 6.57. The molecule has 0 fully saturated rings. The Bertz CT molecular complexity index is 1060. The van der Waals surface area contributed by atoms with E-state index in [-0.39, 0.29) is 29.7 Å². The zero-order valence-corrected chi connectivity index (χ0v) is 15.1. The number of aromatic amines is 1. The van der Waals surface area contributed by atoms with Gasteiger partial charge in [-0.3, -0.25) is 14.3 Å². The monoisotopic (exact) mass is 404 g/mol. The molecule has 0 saturated heterocycles. The summed E-state index contributed by atoms with van der Waals surface area (Å²) in [5.41, 5.74) is 0.0162. The van der Waals surface area contributed by atoms with E-state index in [0.717, 1.165) is 12.1 Å². The largest absolute Gasteiger partial charge is 0.416 e. The molecule has 2 amide bonds. The molecule has 1 aromatic carbocycles. The average Bonchev–Trinajstić information content (AvgIpc) is 3.34. The number of halogens is 3. The number of rotatable bonds is 3. The Morgan fingerprint density at radius 3 is 2.62 bits per heavy atom. The molecule has 0 saturated carbocycles. The normalized spacial score (nSPS) is 16.6. The number of anilines is 2. The van der Waals surface area contributed by atoms with Crippen LogP contribution in [0.5, 0.6) is 0 Å². The van der Waals surface area contributed by atoms with Gasteiger partial charge in [0.15, 0.2) is 5.69 Å². The van der Waals surface area contributed by atoms with Gasteiger partial charge in [-0.2, -0.15) is 18.3 Å². The lowest BCUT2D eigenvalue weighted by Crippen LogP contribution is -2.43. The summed E-state index contributed by atoms with van der Waals surface area (Å²) >= 11 is 0. The van der Waals surface area contributed by atoms with Crippen molar-refractivity contribution >= 4 is 23.2 Å². The molecule has 3 aromatic rings. The molecule has 11 heteroatoms. The van der Waals surface area contributed by atoms with Crippen LogP contribution in [0.2, 0.25) is 0 Å². The van der Waals surface area contributed by atoms with Crippen molar-refractivity contribution in [1.82, 2.24) is 19.7 Å². The summed E-state index contributed by atoms with van der Waals surface area (Å²) in [4.78, 5) is 33.2. The van der Waals surface area contributed by atoms with Crippen LogP contribution in [-0.2, 0) is 6.18 Å². The second kappa shape index (κ2) is 6.76. The van der Waals surface area contributed by atoms with Crippen molar-refractivity contribution in [3.63, 3.8) is 0 Å². The molecule has 3 heterocycles. The number of nitrogens with zero attached hydrogens (tertiary/aromatic N) is 4. The average molecular weight is 404 g/mol. The zero-order valence-electron chi connectivity index (χ0n) is 15.1. The first-order valence-electron chi connectivity index (χ1n) is 8.62. The number of carbonyl (C=O) groups excluding carboxylic acids is 2. The van der Waals surface area contributed by atoms with Crippen LogP contribution in [0.3, 0.4) is 0 Å². The minimum absolute atomic E-state index is 0.140. The minimum atomic E-state index is -4.46. The molecule has 2 aromatic heterocycles. The molecule has 150 valence electrons. The molecule has 1 aliphatic rings. The third-order valence-electron chi connectivity index (χ3n) is 4.59. The van der Waals surface area contributed by atoms with E-state index in [1.54, 1.807) is 0 Å². The SMILES string of the molecule is C[C@H]1CN(c2ccc(C(F)(F)F)cc2)C(=O)c2c(NC(=O)c3c[nH]cn3)cnn21. The fourth-order valence-electron chi connectivity index (χ4n) is 3.18. The van der Waals surface area contributed by atoms with Crippen LogP contribution in [0, 0.1) is 0 Å². The highest BCUT2D eigenvalue weighted by atomic mass is 19.4. The minimum Gasteiger partial charge on any atom is -0.350 e. The highest BCUT2D eigenvalue weighted by Crippen LogP contribution is 2.33. The molecule has 0 bridgehead atoms. The van der Waals surface area contributed by atoms with Crippen LogP contribution in [0.1, 0.15) is 39.5 Å². The molecular formula is C18H15F3N6O2. The molecule has 0 unspecified atom stereocenters. The van der Waals surface area contributed by atoms with Crippen molar-refractivity contribution in [3.8, 4) is 0 Å². The maximum atomic E-state index is 13.1. The number of hydrogen-bond acceptors (Lipinski definition) is 4.